The van der Waals surface area contributed by atoms with Crippen LogP contribution in [0.15, 0.2) is 29.2 Å². The van der Waals surface area contributed by atoms with Crippen LogP contribution in [0.2, 0.25) is 0 Å². The lowest BCUT2D eigenvalue weighted by molar-refractivity contribution is 0.112. The summed E-state index contributed by atoms with van der Waals surface area (Å²) in [5, 5.41) is 0. The fourth-order valence-corrected chi connectivity index (χ4v) is 1.97. The molecule has 15 heavy (non-hydrogen) atoms. The number of ether oxygens (including phenoxy) is 1. The van der Waals surface area contributed by atoms with E-state index < -0.39 is 0 Å². The average Bonchev–Trinajstić information content (AvgIpc) is 2.29. The van der Waals surface area contributed by atoms with Gasteiger partial charge in [0.1, 0.15) is 6.29 Å². The third-order valence-corrected chi connectivity index (χ3v) is 2.80. The number of rotatable bonds is 7. The predicted molar refractivity (Wildman–Crippen MR) is 63.7 cm³/mol. The molecule has 0 heterocycles. The molecule has 0 radical (unpaired) electrons. The Bertz CT molecular complexity index is 299. The minimum atomic E-state index is 0.731. The van der Waals surface area contributed by atoms with Gasteiger partial charge in [-0.05, 0) is 18.6 Å². The highest BCUT2D eigenvalue weighted by Crippen LogP contribution is 2.18. The molecule has 82 valence electrons. The van der Waals surface area contributed by atoms with Crippen molar-refractivity contribution < 1.29 is 9.53 Å². The molecule has 0 fully saturated rings. The smallest absolute Gasteiger partial charge is 0.150 e. The molecule has 0 atom stereocenters. The van der Waals surface area contributed by atoms with Gasteiger partial charge in [0.15, 0.2) is 0 Å². The number of thioether (sulfide) groups is 1. The molecular weight excluding hydrogens is 208 g/mol. The Morgan fingerprint density at radius 1 is 1.40 bits per heavy atom. The maximum atomic E-state index is 10.5. The topological polar surface area (TPSA) is 26.3 Å². The van der Waals surface area contributed by atoms with E-state index in [1.807, 2.05) is 24.3 Å². The Labute approximate surface area is 95.0 Å². The van der Waals surface area contributed by atoms with Gasteiger partial charge < -0.3 is 4.74 Å². The number of hydrogen-bond donors (Lipinski definition) is 0. The van der Waals surface area contributed by atoms with Gasteiger partial charge in [-0.2, -0.15) is 0 Å². The van der Waals surface area contributed by atoms with Crippen molar-refractivity contribution in [1.29, 1.82) is 0 Å². The number of carbonyl (C=O) groups excluding carboxylic acids is 1. The summed E-state index contributed by atoms with van der Waals surface area (Å²) in [5.41, 5.74) is 0.731. The van der Waals surface area contributed by atoms with Crippen molar-refractivity contribution >= 4 is 18.0 Å². The summed E-state index contributed by atoms with van der Waals surface area (Å²) in [6, 6.07) is 7.62. The molecule has 0 unspecified atom stereocenters. The van der Waals surface area contributed by atoms with Crippen LogP contribution in [0.4, 0.5) is 0 Å². The summed E-state index contributed by atoms with van der Waals surface area (Å²) in [7, 11) is 0. The molecule has 0 aliphatic heterocycles. The molecule has 1 aromatic carbocycles. The first kappa shape index (κ1) is 12.3. The second kappa shape index (κ2) is 7.49. The first-order chi connectivity index (χ1) is 7.36. The number of carbonyl (C=O) groups is 1. The lowest BCUT2D eigenvalue weighted by atomic mass is 10.2. The molecular formula is C12H16O2S. The molecule has 1 aromatic rings. The molecule has 0 amide bonds. The van der Waals surface area contributed by atoms with Crippen LogP contribution < -0.4 is 0 Å². The summed E-state index contributed by atoms with van der Waals surface area (Å²) in [4.78, 5) is 11.7. The molecule has 2 nitrogen and oxygen atoms in total. The zero-order valence-electron chi connectivity index (χ0n) is 8.94. The van der Waals surface area contributed by atoms with Gasteiger partial charge in [0.05, 0.1) is 6.61 Å². The van der Waals surface area contributed by atoms with Crippen molar-refractivity contribution in [2.75, 3.05) is 19.0 Å². The summed E-state index contributed by atoms with van der Waals surface area (Å²) < 4.78 is 5.37. The Kier molecular flexibility index (Phi) is 6.12. The standard InChI is InChI=1S/C12H16O2S/c1-2-6-14-7-8-15-12-5-3-4-11(9-12)10-13/h3-5,9-10H,2,6-8H2,1H3. The van der Waals surface area contributed by atoms with Crippen LogP contribution in [0.25, 0.3) is 0 Å². The Morgan fingerprint density at radius 2 is 2.27 bits per heavy atom. The Balaban J connectivity index is 2.27. The zero-order chi connectivity index (χ0) is 10.9. The zero-order valence-corrected chi connectivity index (χ0v) is 9.76. The summed E-state index contributed by atoms with van der Waals surface area (Å²) in [6.45, 7) is 3.69. The highest BCUT2D eigenvalue weighted by Gasteiger charge is 1.95. The van der Waals surface area contributed by atoms with Gasteiger partial charge in [0.2, 0.25) is 0 Å². The summed E-state index contributed by atoms with van der Waals surface area (Å²) >= 11 is 1.72. The van der Waals surface area contributed by atoms with Gasteiger partial charge in [-0.3, -0.25) is 4.79 Å². The number of hydrogen-bond acceptors (Lipinski definition) is 3. The third kappa shape index (κ3) is 5.00. The minimum absolute atomic E-state index is 0.731. The van der Waals surface area contributed by atoms with E-state index in [4.69, 9.17) is 4.74 Å². The van der Waals surface area contributed by atoms with Crippen molar-refractivity contribution in [3.63, 3.8) is 0 Å². The van der Waals surface area contributed by atoms with E-state index in [2.05, 4.69) is 6.92 Å². The van der Waals surface area contributed by atoms with Crippen LogP contribution in [-0.2, 0) is 4.74 Å². The van der Waals surface area contributed by atoms with Crippen LogP contribution in [0.3, 0.4) is 0 Å². The number of aldehydes is 1. The van der Waals surface area contributed by atoms with Crippen LogP contribution >= 0.6 is 11.8 Å². The Morgan fingerprint density at radius 3 is 3.00 bits per heavy atom. The quantitative estimate of drug-likeness (QED) is 0.404. The Hall–Kier alpha value is -0.800. The second-order valence-electron chi connectivity index (χ2n) is 3.15. The van der Waals surface area contributed by atoms with Crippen LogP contribution in [0.5, 0.6) is 0 Å². The van der Waals surface area contributed by atoms with Crippen LogP contribution in [0, 0.1) is 0 Å². The molecule has 0 saturated carbocycles. The molecule has 1 rings (SSSR count). The molecule has 0 saturated heterocycles. The van der Waals surface area contributed by atoms with Crippen molar-refractivity contribution in [3.8, 4) is 0 Å². The molecule has 0 aliphatic carbocycles. The van der Waals surface area contributed by atoms with E-state index in [9.17, 15) is 4.79 Å². The average molecular weight is 224 g/mol. The SMILES string of the molecule is CCCOCCSc1cccc(C=O)c1. The third-order valence-electron chi connectivity index (χ3n) is 1.84. The highest BCUT2D eigenvalue weighted by molar-refractivity contribution is 7.99. The predicted octanol–water partition coefficient (Wildman–Crippen LogP) is 3.02. The van der Waals surface area contributed by atoms with E-state index >= 15 is 0 Å². The highest BCUT2D eigenvalue weighted by atomic mass is 32.2. The van der Waals surface area contributed by atoms with Gasteiger partial charge in [0.25, 0.3) is 0 Å². The van der Waals surface area contributed by atoms with E-state index in [-0.39, 0.29) is 0 Å². The fourth-order valence-electron chi connectivity index (χ4n) is 1.14. The maximum Gasteiger partial charge on any atom is 0.150 e. The lowest BCUT2D eigenvalue weighted by Gasteiger charge is -2.03. The van der Waals surface area contributed by atoms with E-state index in [0.717, 1.165) is 42.1 Å². The molecule has 0 N–H and O–H groups in total. The molecule has 3 heteroatoms. The second-order valence-corrected chi connectivity index (χ2v) is 4.32. The monoisotopic (exact) mass is 224 g/mol. The van der Waals surface area contributed by atoms with Gasteiger partial charge in [0, 0.05) is 22.8 Å². The van der Waals surface area contributed by atoms with Crippen molar-refractivity contribution in [2.45, 2.75) is 18.2 Å². The van der Waals surface area contributed by atoms with Crippen molar-refractivity contribution in [2.24, 2.45) is 0 Å². The van der Waals surface area contributed by atoms with Crippen LogP contribution in [-0.4, -0.2) is 25.3 Å². The normalized spacial score (nSPS) is 10.2. The molecule has 0 bridgehead atoms. The van der Waals surface area contributed by atoms with E-state index in [1.54, 1.807) is 11.8 Å². The van der Waals surface area contributed by atoms with Gasteiger partial charge in [-0.25, -0.2) is 0 Å². The minimum Gasteiger partial charge on any atom is -0.381 e. The van der Waals surface area contributed by atoms with Gasteiger partial charge in [-0.15, -0.1) is 11.8 Å². The summed E-state index contributed by atoms with van der Waals surface area (Å²) in [5.74, 6) is 0.933. The van der Waals surface area contributed by atoms with Crippen molar-refractivity contribution in [1.82, 2.24) is 0 Å². The maximum absolute atomic E-state index is 10.5. The lowest BCUT2D eigenvalue weighted by Crippen LogP contribution is -1.97. The first-order valence-electron chi connectivity index (χ1n) is 5.12. The largest absolute Gasteiger partial charge is 0.381 e. The van der Waals surface area contributed by atoms with Crippen LogP contribution in [0.1, 0.15) is 23.7 Å². The fraction of sp³-hybridized carbons (Fsp3) is 0.417. The van der Waals surface area contributed by atoms with Gasteiger partial charge >= 0.3 is 0 Å². The van der Waals surface area contributed by atoms with E-state index in [0.29, 0.717) is 0 Å². The summed E-state index contributed by atoms with van der Waals surface area (Å²) in [6.07, 6.45) is 1.93. The van der Waals surface area contributed by atoms with E-state index in [1.165, 1.54) is 0 Å². The molecule has 0 aliphatic rings. The molecule has 0 spiro atoms. The number of benzene rings is 1. The van der Waals surface area contributed by atoms with Crippen molar-refractivity contribution in [3.05, 3.63) is 29.8 Å². The first-order valence-corrected chi connectivity index (χ1v) is 6.11. The molecule has 0 aromatic heterocycles. The van der Waals surface area contributed by atoms with Gasteiger partial charge in [-0.1, -0.05) is 19.1 Å².